The number of fused-ring (bicyclic) bond motifs is 1. The molecule has 0 amide bonds. The van der Waals surface area contributed by atoms with E-state index in [-0.39, 0.29) is 5.92 Å². The van der Waals surface area contributed by atoms with Crippen molar-refractivity contribution in [1.82, 2.24) is 4.37 Å². The minimum Gasteiger partial charge on any atom is -0.481 e. The Kier molecular flexibility index (Phi) is 2.07. The number of nitrogens with zero attached hydrogens (tertiary/aromatic N) is 2. The van der Waals surface area contributed by atoms with Crippen LogP contribution in [-0.2, 0) is 4.79 Å². The first kappa shape index (κ1) is 9.59. The lowest BCUT2D eigenvalue weighted by molar-refractivity contribution is -0.142. The van der Waals surface area contributed by atoms with E-state index in [1.807, 2.05) is 24.3 Å². The van der Waals surface area contributed by atoms with E-state index in [0.717, 1.165) is 15.9 Å². The molecule has 0 bridgehead atoms. The fourth-order valence-electron chi connectivity index (χ4n) is 1.90. The minimum absolute atomic E-state index is 0.221. The maximum Gasteiger partial charge on any atom is 0.310 e. The van der Waals surface area contributed by atoms with Gasteiger partial charge in [0.15, 0.2) is 0 Å². The van der Waals surface area contributed by atoms with Gasteiger partial charge in [-0.25, -0.2) is 0 Å². The van der Waals surface area contributed by atoms with Crippen molar-refractivity contribution in [3.8, 4) is 0 Å². The van der Waals surface area contributed by atoms with Crippen LogP contribution < -0.4 is 4.90 Å². The van der Waals surface area contributed by atoms with Crippen molar-refractivity contribution in [2.75, 3.05) is 18.0 Å². The molecule has 0 radical (unpaired) electrons. The molecule has 16 heavy (non-hydrogen) atoms. The zero-order valence-electron chi connectivity index (χ0n) is 8.46. The van der Waals surface area contributed by atoms with Crippen LogP contribution in [0.15, 0.2) is 24.3 Å². The summed E-state index contributed by atoms with van der Waals surface area (Å²) in [6, 6.07) is 7.95. The van der Waals surface area contributed by atoms with E-state index in [1.54, 1.807) is 0 Å². The fraction of sp³-hybridized carbons (Fsp3) is 0.273. The number of aliphatic carboxylic acids is 1. The largest absolute Gasteiger partial charge is 0.481 e. The summed E-state index contributed by atoms with van der Waals surface area (Å²) in [6.07, 6.45) is 0. The smallest absolute Gasteiger partial charge is 0.310 e. The maximum atomic E-state index is 10.7. The Bertz CT molecular complexity index is 546. The number of anilines is 1. The summed E-state index contributed by atoms with van der Waals surface area (Å²) in [7, 11) is 0. The zero-order valence-corrected chi connectivity index (χ0v) is 9.28. The Morgan fingerprint density at radius 1 is 1.44 bits per heavy atom. The lowest BCUT2D eigenvalue weighted by Crippen LogP contribution is -2.50. The molecular formula is C11H10N2O2S. The van der Waals surface area contributed by atoms with E-state index < -0.39 is 5.97 Å². The summed E-state index contributed by atoms with van der Waals surface area (Å²) < 4.78 is 4.34. The van der Waals surface area contributed by atoms with Gasteiger partial charge in [-0.1, -0.05) is 12.1 Å². The molecule has 2 aromatic rings. The highest BCUT2D eigenvalue weighted by molar-refractivity contribution is 7.11. The van der Waals surface area contributed by atoms with Crippen LogP contribution in [0.5, 0.6) is 0 Å². The number of carbonyl (C=O) groups is 1. The number of hydrogen-bond donors (Lipinski definition) is 1. The van der Waals surface area contributed by atoms with Crippen molar-refractivity contribution in [3.63, 3.8) is 0 Å². The lowest BCUT2D eigenvalue weighted by atomic mass is 10.0. The van der Waals surface area contributed by atoms with Gasteiger partial charge >= 0.3 is 5.97 Å². The molecule has 1 aromatic heterocycles. The highest BCUT2D eigenvalue weighted by atomic mass is 32.1. The van der Waals surface area contributed by atoms with Crippen molar-refractivity contribution in [2.24, 2.45) is 5.92 Å². The van der Waals surface area contributed by atoms with E-state index in [2.05, 4.69) is 9.27 Å². The van der Waals surface area contributed by atoms with Gasteiger partial charge in [-0.05, 0) is 23.7 Å². The number of carboxylic acids is 1. The summed E-state index contributed by atoms with van der Waals surface area (Å²) in [5.41, 5.74) is 0.987. The maximum absolute atomic E-state index is 10.7. The van der Waals surface area contributed by atoms with Gasteiger partial charge < -0.3 is 10.0 Å². The summed E-state index contributed by atoms with van der Waals surface area (Å²) in [4.78, 5) is 12.8. The molecule has 1 saturated heterocycles. The predicted octanol–water partition coefficient (Wildman–Crippen LogP) is 1.82. The molecule has 82 valence electrons. The lowest BCUT2D eigenvalue weighted by Gasteiger charge is -2.37. The van der Waals surface area contributed by atoms with E-state index in [1.165, 1.54) is 11.5 Å². The van der Waals surface area contributed by atoms with Gasteiger partial charge in [0, 0.05) is 18.5 Å². The van der Waals surface area contributed by atoms with Gasteiger partial charge in [0.05, 0.1) is 11.4 Å². The Labute approximate surface area is 96.3 Å². The Hall–Kier alpha value is -1.62. The topological polar surface area (TPSA) is 53.4 Å². The summed E-state index contributed by atoms with van der Waals surface area (Å²) in [5, 5.41) is 11.0. The van der Waals surface area contributed by atoms with Crippen molar-refractivity contribution in [3.05, 3.63) is 24.3 Å². The van der Waals surface area contributed by atoms with Crippen molar-refractivity contribution in [1.29, 1.82) is 0 Å². The quantitative estimate of drug-likeness (QED) is 0.861. The average molecular weight is 234 g/mol. The second-order valence-electron chi connectivity index (χ2n) is 3.95. The number of aromatic nitrogens is 1. The second kappa shape index (κ2) is 3.45. The van der Waals surface area contributed by atoms with Crippen LogP contribution in [0.3, 0.4) is 0 Å². The Balaban J connectivity index is 1.89. The van der Waals surface area contributed by atoms with Gasteiger partial charge in [0.2, 0.25) is 0 Å². The number of benzene rings is 1. The van der Waals surface area contributed by atoms with Crippen LogP contribution >= 0.6 is 11.5 Å². The third-order valence-corrected chi connectivity index (χ3v) is 3.82. The van der Waals surface area contributed by atoms with Crippen LogP contribution in [0, 0.1) is 5.92 Å². The average Bonchev–Trinajstić information content (AvgIpc) is 2.60. The first-order valence-electron chi connectivity index (χ1n) is 5.08. The fourth-order valence-corrected chi connectivity index (χ4v) is 2.78. The van der Waals surface area contributed by atoms with Crippen molar-refractivity contribution < 1.29 is 9.90 Å². The first-order chi connectivity index (χ1) is 7.75. The molecule has 1 aliphatic rings. The van der Waals surface area contributed by atoms with E-state index >= 15 is 0 Å². The monoisotopic (exact) mass is 234 g/mol. The van der Waals surface area contributed by atoms with Crippen LogP contribution in [0.4, 0.5) is 5.00 Å². The predicted molar refractivity (Wildman–Crippen MR) is 63.0 cm³/mol. The Morgan fingerprint density at radius 2 is 2.19 bits per heavy atom. The molecule has 0 atom stereocenters. The third kappa shape index (κ3) is 1.36. The molecule has 5 heteroatoms. The van der Waals surface area contributed by atoms with E-state index in [9.17, 15) is 4.79 Å². The van der Waals surface area contributed by atoms with E-state index in [4.69, 9.17) is 5.11 Å². The van der Waals surface area contributed by atoms with Gasteiger partial charge in [0.1, 0.15) is 5.00 Å². The van der Waals surface area contributed by atoms with Crippen LogP contribution in [0.1, 0.15) is 0 Å². The van der Waals surface area contributed by atoms with Gasteiger partial charge in [-0.15, -0.1) is 0 Å². The molecule has 4 nitrogen and oxygen atoms in total. The molecule has 1 aromatic carbocycles. The Morgan fingerprint density at radius 3 is 2.94 bits per heavy atom. The van der Waals surface area contributed by atoms with Crippen LogP contribution in [0.2, 0.25) is 0 Å². The summed E-state index contributed by atoms with van der Waals surface area (Å²) in [5.74, 6) is -0.925. The van der Waals surface area contributed by atoms with E-state index in [0.29, 0.717) is 13.1 Å². The normalized spacial score (nSPS) is 16.4. The van der Waals surface area contributed by atoms with Crippen LogP contribution in [-0.4, -0.2) is 28.5 Å². The highest BCUT2D eigenvalue weighted by Crippen LogP contribution is 2.35. The van der Waals surface area contributed by atoms with Gasteiger partial charge in [-0.3, -0.25) is 4.79 Å². The highest BCUT2D eigenvalue weighted by Gasteiger charge is 2.34. The third-order valence-electron chi connectivity index (χ3n) is 2.88. The molecule has 1 N–H and O–H groups in total. The van der Waals surface area contributed by atoms with Gasteiger partial charge in [0.25, 0.3) is 0 Å². The molecular weight excluding hydrogens is 224 g/mol. The standard InChI is InChI=1S/C11H10N2O2S/c14-11(15)7-5-13(6-7)10-8-3-1-2-4-9(8)12-16-10/h1-4,7H,5-6H2,(H,14,15). The number of carboxylic acid groups (broad SMARTS) is 1. The van der Waals surface area contributed by atoms with Gasteiger partial charge in [-0.2, -0.15) is 4.37 Å². The molecule has 0 unspecified atom stereocenters. The zero-order chi connectivity index (χ0) is 11.1. The van der Waals surface area contributed by atoms with Crippen LogP contribution in [0.25, 0.3) is 10.9 Å². The molecule has 0 saturated carbocycles. The number of rotatable bonds is 2. The van der Waals surface area contributed by atoms with Crippen molar-refractivity contribution in [2.45, 2.75) is 0 Å². The molecule has 2 heterocycles. The summed E-state index contributed by atoms with van der Waals surface area (Å²) >= 11 is 1.44. The molecule has 0 aliphatic carbocycles. The molecule has 1 fully saturated rings. The van der Waals surface area contributed by atoms with Crippen molar-refractivity contribution >= 4 is 33.4 Å². The second-order valence-corrected chi connectivity index (χ2v) is 4.70. The first-order valence-corrected chi connectivity index (χ1v) is 5.85. The minimum atomic E-state index is -0.704. The molecule has 0 spiro atoms. The molecule has 1 aliphatic heterocycles. The molecule has 3 rings (SSSR count). The summed E-state index contributed by atoms with van der Waals surface area (Å²) in [6.45, 7) is 1.20. The number of hydrogen-bond acceptors (Lipinski definition) is 4. The SMILES string of the molecule is O=C(O)C1CN(c2snc3ccccc23)C1.